The first-order valence-corrected chi connectivity index (χ1v) is 7.90. The molecule has 0 aliphatic heterocycles. The van der Waals surface area contributed by atoms with E-state index in [2.05, 4.69) is 48.5 Å². The van der Waals surface area contributed by atoms with E-state index >= 15 is 0 Å². The fraction of sp³-hybridized carbons (Fsp3) is 0.438. The normalized spacial score (nSPS) is 11.0. The van der Waals surface area contributed by atoms with Crippen LogP contribution in [0.3, 0.4) is 0 Å². The lowest BCUT2D eigenvalue weighted by Gasteiger charge is -2.09. The average Bonchev–Trinajstić information content (AvgIpc) is 2.71. The number of rotatable bonds is 6. The number of hydrogen-bond donors (Lipinski definition) is 1. The van der Waals surface area contributed by atoms with Crippen molar-refractivity contribution >= 4 is 11.8 Å². The molecule has 0 atom stereocenters. The molecule has 2 rings (SSSR count). The molecule has 1 heterocycles. The molecule has 0 unspecified atom stereocenters. The van der Waals surface area contributed by atoms with Crippen LogP contribution in [-0.2, 0) is 13.6 Å². The predicted octanol–water partition coefficient (Wildman–Crippen LogP) is 3.69. The van der Waals surface area contributed by atoms with Crippen LogP contribution in [0.5, 0.6) is 0 Å². The molecule has 0 aliphatic rings. The van der Waals surface area contributed by atoms with Gasteiger partial charge in [0.1, 0.15) is 0 Å². The van der Waals surface area contributed by atoms with E-state index in [1.165, 1.54) is 27.5 Å². The van der Waals surface area contributed by atoms with Crippen LogP contribution in [0.25, 0.3) is 0 Å². The zero-order valence-corrected chi connectivity index (χ0v) is 13.5. The molecular formula is C16H23N3S. The lowest BCUT2D eigenvalue weighted by molar-refractivity contribution is 0.675. The van der Waals surface area contributed by atoms with Gasteiger partial charge >= 0.3 is 0 Å². The highest BCUT2D eigenvalue weighted by atomic mass is 32.2. The summed E-state index contributed by atoms with van der Waals surface area (Å²) in [5.74, 6) is 0. The van der Waals surface area contributed by atoms with Crippen molar-refractivity contribution in [1.82, 2.24) is 15.1 Å². The zero-order chi connectivity index (χ0) is 14.5. The highest BCUT2D eigenvalue weighted by Crippen LogP contribution is 2.30. The SMILES string of the molecule is CCCNCc1ccc(Sc2cc(C)nn2C)c(C)c1. The molecule has 0 radical (unpaired) electrons. The molecule has 0 aliphatic carbocycles. The molecule has 2 aromatic rings. The Labute approximate surface area is 125 Å². The Morgan fingerprint density at radius 3 is 2.65 bits per heavy atom. The third kappa shape index (κ3) is 3.87. The Balaban J connectivity index is 2.07. The minimum absolute atomic E-state index is 0.949. The van der Waals surface area contributed by atoms with Crippen molar-refractivity contribution in [1.29, 1.82) is 0 Å². The Kier molecular flexibility index (Phi) is 5.26. The summed E-state index contributed by atoms with van der Waals surface area (Å²) >= 11 is 1.78. The first kappa shape index (κ1) is 15.1. The minimum Gasteiger partial charge on any atom is -0.313 e. The molecule has 1 aromatic heterocycles. The molecule has 4 heteroatoms. The topological polar surface area (TPSA) is 29.9 Å². The summed E-state index contributed by atoms with van der Waals surface area (Å²) < 4.78 is 1.94. The van der Waals surface area contributed by atoms with E-state index < -0.39 is 0 Å². The summed E-state index contributed by atoms with van der Waals surface area (Å²) in [7, 11) is 1.99. The van der Waals surface area contributed by atoms with E-state index in [0.717, 1.165) is 18.8 Å². The number of hydrogen-bond acceptors (Lipinski definition) is 3. The largest absolute Gasteiger partial charge is 0.313 e. The van der Waals surface area contributed by atoms with Crippen molar-refractivity contribution < 1.29 is 0 Å². The van der Waals surface area contributed by atoms with E-state index in [4.69, 9.17) is 0 Å². The first-order valence-electron chi connectivity index (χ1n) is 7.09. The van der Waals surface area contributed by atoms with E-state index in [0.29, 0.717) is 0 Å². The van der Waals surface area contributed by atoms with Gasteiger partial charge in [-0.05, 0) is 50.1 Å². The molecular weight excluding hydrogens is 266 g/mol. The molecule has 0 saturated heterocycles. The van der Waals surface area contributed by atoms with Crippen LogP contribution in [0.2, 0.25) is 0 Å². The van der Waals surface area contributed by atoms with Crippen molar-refractivity contribution in [3.05, 3.63) is 41.1 Å². The van der Waals surface area contributed by atoms with Gasteiger partial charge in [-0.3, -0.25) is 4.68 Å². The smallest absolute Gasteiger partial charge is 0.0987 e. The second-order valence-corrected chi connectivity index (χ2v) is 6.19. The van der Waals surface area contributed by atoms with E-state index in [1.54, 1.807) is 11.8 Å². The van der Waals surface area contributed by atoms with Gasteiger partial charge in [-0.25, -0.2) is 0 Å². The van der Waals surface area contributed by atoms with Crippen LogP contribution in [-0.4, -0.2) is 16.3 Å². The summed E-state index contributed by atoms with van der Waals surface area (Å²) in [5.41, 5.74) is 3.74. The van der Waals surface area contributed by atoms with Crippen LogP contribution in [0, 0.1) is 13.8 Å². The van der Waals surface area contributed by atoms with Gasteiger partial charge in [-0.2, -0.15) is 5.10 Å². The molecule has 1 N–H and O–H groups in total. The van der Waals surface area contributed by atoms with Gasteiger partial charge in [0.2, 0.25) is 0 Å². The molecule has 3 nitrogen and oxygen atoms in total. The van der Waals surface area contributed by atoms with Crippen LogP contribution in [0.1, 0.15) is 30.2 Å². The third-order valence-electron chi connectivity index (χ3n) is 3.17. The minimum atomic E-state index is 0.949. The number of nitrogens with one attached hydrogen (secondary N) is 1. The second-order valence-electron chi connectivity index (χ2n) is 5.13. The maximum atomic E-state index is 4.39. The Morgan fingerprint density at radius 2 is 2.05 bits per heavy atom. The molecule has 20 heavy (non-hydrogen) atoms. The van der Waals surface area contributed by atoms with Crippen LogP contribution >= 0.6 is 11.8 Å². The number of aryl methyl sites for hydroxylation is 3. The number of aromatic nitrogens is 2. The van der Waals surface area contributed by atoms with Crippen molar-refractivity contribution in [2.45, 2.75) is 43.7 Å². The first-order chi connectivity index (χ1) is 9.60. The number of nitrogens with zero attached hydrogens (tertiary/aromatic N) is 2. The van der Waals surface area contributed by atoms with Gasteiger partial charge < -0.3 is 5.32 Å². The lowest BCUT2D eigenvalue weighted by Crippen LogP contribution is -2.13. The Hall–Kier alpha value is -1.26. The van der Waals surface area contributed by atoms with Gasteiger partial charge in [-0.1, -0.05) is 30.8 Å². The van der Waals surface area contributed by atoms with Gasteiger partial charge in [-0.15, -0.1) is 0 Å². The molecule has 0 bridgehead atoms. The number of benzene rings is 1. The highest BCUT2D eigenvalue weighted by Gasteiger charge is 2.07. The van der Waals surface area contributed by atoms with Crippen LogP contribution < -0.4 is 5.32 Å². The van der Waals surface area contributed by atoms with Gasteiger partial charge in [0.25, 0.3) is 0 Å². The second kappa shape index (κ2) is 6.95. The standard InChI is InChI=1S/C16H23N3S/c1-5-8-17-11-14-6-7-15(12(2)9-14)20-16-10-13(3)18-19(16)4/h6-7,9-10,17H,5,8,11H2,1-4H3. The summed E-state index contributed by atoms with van der Waals surface area (Å²) in [6, 6.07) is 8.82. The zero-order valence-electron chi connectivity index (χ0n) is 12.7. The molecule has 1 aromatic carbocycles. The van der Waals surface area contributed by atoms with E-state index in [1.807, 2.05) is 18.7 Å². The maximum Gasteiger partial charge on any atom is 0.0987 e. The Bertz CT molecular complexity index is 575. The van der Waals surface area contributed by atoms with Gasteiger partial charge in [0, 0.05) is 18.5 Å². The molecule has 108 valence electrons. The summed E-state index contributed by atoms with van der Waals surface area (Å²) in [6.07, 6.45) is 1.17. The molecule has 0 saturated carbocycles. The summed E-state index contributed by atoms with van der Waals surface area (Å²) in [6.45, 7) is 8.41. The lowest BCUT2D eigenvalue weighted by atomic mass is 10.1. The maximum absolute atomic E-state index is 4.39. The van der Waals surface area contributed by atoms with Crippen molar-refractivity contribution in [2.75, 3.05) is 6.54 Å². The fourth-order valence-electron chi connectivity index (χ4n) is 2.14. The molecule has 0 amide bonds. The van der Waals surface area contributed by atoms with Crippen LogP contribution in [0.4, 0.5) is 0 Å². The van der Waals surface area contributed by atoms with E-state index in [-0.39, 0.29) is 0 Å². The predicted molar refractivity (Wildman–Crippen MR) is 85.2 cm³/mol. The third-order valence-corrected chi connectivity index (χ3v) is 4.44. The average molecular weight is 289 g/mol. The summed E-state index contributed by atoms with van der Waals surface area (Å²) in [4.78, 5) is 1.30. The summed E-state index contributed by atoms with van der Waals surface area (Å²) in [5, 5.41) is 9.01. The Morgan fingerprint density at radius 1 is 1.25 bits per heavy atom. The molecule has 0 fully saturated rings. The molecule has 0 spiro atoms. The van der Waals surface area contributed by atoms with Crippen LogP contribution in [0.15, 0.2) is 34.2 Å². The monoisotopic (exact) mass is 289 g/mol. The van der Waals surface area contributed by atoms with E-state index in [9.17, 15) is 0 Å². The van der Waals surface area contributed by atoms with Crippen molar-refractivity contribution in [2.24, 2.45) is 7.05 Å². The fourth-order valence-corrected chi connectivity index (χ4v) is 3.12. The van der Waals surface area contributed by atoms with Gasteiger partial charge in [0.15, 0.2) is 0 Å². The van der Waals surface area contributed by atoms with Gasteiger partial charge in [0.05, 0.1) is 10.7 Å². The highest BCUT2D eigenvalue weighted by molar-refractivity contribution is 7.99. The van der Waals surface area contributed by atoms with Crippen molar-refractivity contribution in [3.8, 4) is 0 Å². The quantitative estimate of drug-likeness (QED) is 0.823. The van der Waals surface area contributed by atoms with Crippen molar-refractivity contribution in [3.63, 3.8) is 0 Å².